The average molecular weight is 1510 g/mol. The standard InChI is InChI=1S/3C33H20N4S/c1-2-14-26-25(13-1)30(36-32-31(26)35-29-17-5-6-18-37(29)32)23-11-7-9-21(19-23)22-10-8-12-24(20-22)33-34-27-15-3-4-16-28(27)38-33;1-2-9-21(10-3-1)33-34-27-20-23(16-17-28(27)38-33)22-11-8-12-24(19-22)30-25-13-4-5-14-26(25)31-32(36-30)37-18-7-6-15-29(37)35-31;1-2-9-21(10-3-1)33-34-27-17-16-23(20-28(27)38-33)22-11-8-12-24(19-22)30-25-13-4-5-14-26(25)31-32(36-30)37-18-7-6-15-29(37)35-31/h3*1-20H. The fourth-order valence-electron chi connectivity index (χ4n) is 15.6. The summed E-state index contributed by atoms with van der Waals surface area (Å²) in [4.78, 5) is 44.9. The molecule has 12 nitrogen and oxygen atoms in total. The van der Waals surface area contributed by atoms with Crippen molar-refractivity contribution in [3.63, 3.8) is 0 Å². The monoisotopic (exact) mass is 1510 g/mol. The lowest BCUT2D eigenvalue weighted by molar-refractivity contribution is 1.19. The van der Waals surface area contributed by atoms with Crippen LogP contribution in [0.5, 0.6) is 0 Å². The highest BCUT2D eigenvalue weighted by Crippen LogP contribution is 2.42. The van der Waals surface area contributed by atoms with Crippen LogP contribution in [0.25, 0.3) is 212 Å². The largest absolute Gasteiger partial charge is 0.284 e. The minimum atomic E-state index is 0.872. The summed E-state index contributed by atoms with van der Waals surface area (Å²) in [6.45, 7) is 0. The minimum absolute atomic E-state index is 0.872. The molecule has 24 aromatic rings. The molecule has 0 saturated heterocycles. The van der Waals surface area contributed by atoms with E-state index in [1.165, 1.54) is 19.7 Å². The van der Waals surface area contributed by atoms with Gasteiger partial charge in [0.2, 0.25) is 0 Å². The summed E-state index contributed by atoms with van der Waals surface area (Å²) in [7, 11) is 0. The first kappa shape index (κ1) is 66.4. The van der Waals surface area contributed by atoms with E-state index in [2.05, 4.69) is 286 Å². The summed E-state index contributed by atoms with van der Waals surface area (Å²) < 4.78 is 9.77. The predicted octanol–water partition coefficient (Wildman–Crippen LogP) is 25.9. The van der Waals surface area contributed by atoms with Crippen molar-refractivity contribution in [2.24, 2.45) is 0 Å². The number of rotatable bonds is 9. The van der Waals surface area contributed by atoms with Crippen molar-refractivity contribution >= 4 is 147 Å². The predicted molar refractivity (Wildman–Crippen MR) is 472 cm³/mol. The Morgan fingerprint density at radius 1 is 0.184 bits per heavy atom. The van der Waals surface area contributed by atoms with Gasteiger partial charge in [-0.15, -0.1) is 34.0 Å². The van der Waals surface area contributed by atoms with E-state index in [1.807, 2.05) is 91.4 Å². The number of imidazole rings is 3. The average Bonchev–Trinajstić information content (AvgIpc) is 1.56. The molecule has 0 radical (unpaired) electrons. The Bertz CT molecular complexity index is 7570. The lowest BCUT2D eigenvalue weighted by atomic mass is 9.98. The molecule has 534 valence electrons. The Hall–Kier alpha value is -14.6. The second kappa shape index (κ2) is 27.7. The molecular formula is C99H60N12S3. The summed E-state index contributed by atoms with van der Waals surface area (Å²) in [5.41, 5.74) is 27.7. The SMILES string of the molecule is c1cc(-c2cccc(-c3nc4c(nc5ccccn54)c4ccccc34)c2)cc(-c2nc3ccccc3s2)c1.c1ccc(-c2nc3cc(-c4cccc(-c5nc6c(nc7ccccn76)c6ccccc56)c4)ccc3s2)cc1.c1ccc(-c2nc3ccc(-c4cccc(-c5nc6c(nc7ccccn76)c6ccccc56)c4)cc3s2)cc1. The van der Waals surface area contributed by atoms with Crippen LogP contribution < -0.4 is 0 Å². The Kier molecular flexibility index (Phi) is 16.2. The van der Waals surface area contributed by atoms with Crippen molar-refractivity contribution in [3.05, 3.63) is 364 Å². The van der Waals surface area contributed by atoms with Crippen molar-refractivity contribution < 1.29 is 0 Å². The summed E-state index contributed by atoms with van der Waals surface area (Å²) >= 11 is 5.19. The zero-order chi connectivity index (χ0) is 75.2. The zero-order valence-corrected chi connectivity index (χ0v) is 63.2. The van der Waals surface area contributed by atoms with Gasteiger partial charge in [0.25, 0.3) is 0 Å². The maximum Gasteiger partial charge on any atom is 0.165 e. The van der Waals surface area contributed by atoms with Crippen LogP contribution in [0.3, 0.4) is 0 Å². The number of fused-ring (bicyclic) bond motifs is 18. The van der Waals surface area contributed by atoms with Crippen LogP contribution in [0.2, 0.25) is 0 Å². The number of hydrogen-bond donors (Lipinski definition) is 0. The molecule has 12 aromatic heterocycles. The van der Waals surface area contributed by atoms with E-state index < -0.39 is 0 Å². The molecule has 0 fully saturated rings. The van der Waals surface area contributed by atoms with Crippen LogP contribution in [0, 0.1) is 0 Å². The molecule has 0 aliphatic heterocycles. The molecule has 114 heavy (non-hydrogen) atoms. The first-order valence-corrected chi connectivity index (χ1v) is 40.1. The van der Waals surface area contributed by atoms with Gasteiger partial charge in [-0.05, 0) is 130 Å². The van der Waals surface area contributed by atoms with Crippen LogP contribution in [0.15, 0.2) is 364 Å². The topological polar surface area (TPSA) is 129 Å². The molecule has 0 unspecified atom stereocenters. The third kappa shape index (κ3) is 11.8. The quantitative estimate of drug-likeness (QED) is 0.139. The number of benzene rings is 12. The van der Waals surface area contributed by atoms with Gasteiger partial charge in [0.05, 0.1) is 47.7 Å². The van der Waals surface area contributed by atoms with E-state index in [9.17, 15) is 0 Å². The Morgan fingerprint density at radius 3 is 0.956 bits per heavy atom. The van der Waals surface area contributed by atoms with Crippen LogP contribution in [0.4, 0.5) is 0 Å². The summed E-state index contributed by atoms with van der Waals surface area (Å²) in [5.74, 6) is 0. The molecule has 0 aliphatic carbocycles. The number of thiazole rings is 3. The molecule has 0 atom stereocenters. The van der Waals surface area contributed by atoms with Crippen LogP contribution in [0.1, 0.15) is 0 Å². The maximum absolute atomic E-state index is 5.18. The van der Waals surface area contributed by atoms with Gasteiger partial charge >= 0.3 is 0 Å². The third-order valence-corrected chi connectivity index (χ3v) is 24.3. The fourth-order valence-corrected chi connectivity index (χ4v) is 18.6. The van der Waals surface area contributed by atoms with Gasteiger partial charge < -0.3 is 0 Å². The molecular weight excluding hydrogens is 1450 g/mol. The van der Waals surface area contributed by atoms with Gasteiger partial charge in [0.15, 0.2) is 16.9 Å². The maximum atomic E-state index is 5.18. The van der Waals surface area contributed by atoms with Gasteiger partial charge in [0, 0.05) is 84.3 Å². The van der Waals surface area contributed by atoms with E-state index >= 15 is 0 Å². The smallest absolute Gasteiger partial charge is 0.165 e. The highest BCUT2D eigenvalue weighted by atomic mass is 32.1. The lowest BCUT2D eigenvalue weighted by Gasteiger charge is -2.10. The molecule has 0 N–H and O–H groups in total. The molecule has 12 heterocycles. The number of hydrogen-bond acceptors (Lipinski definition) is 12. The molecule has 24 rings (SSSR count). The van der Waals surface area contributed by atoms with Gasteiger partial charge in [0.1, 0.15) is 48.5 Å². The van der Waals surface area contributed by atoms with Gasteiger partial charge in [-0.3, -0.25) is 13.2 Å². The molecule has 0 bridgehead atoms. The normalized spacial score (nSPS) is 11.7. The van der Waals surface area contributed by atoms with E-state index in [1.54, 1.807) is 34.0 Å². The van der Waals surface area contributed by atoms with E-state index in [-0.39, 0.29) is 0 Å². The number of para-hydroxylation sites is 1. The van der Waals surface area contributed by atoms with Crippen molar-refractivity contribution in [1.29, 1.82) is 0 Å². The van der Waals surface area contributed by atoms with Crippen molar-refractivity contribution in [3.8, 4) is 98.9 Å². The summed E-state index contributed by atoms with van der Waals surface area (Å²) in [5, 5.41) is 9.76. The Labute approximate surface area is 663 Å². The second-order valence-electron chi connectivity index (χ2n) is 28.1. The van der Waals surface area contributed by atoms with Crippen LogP contribution >= 0.6 is 34.0 Å². The molecule has 15 heteroatoms. The minimum Gasteiger partial charge on any atom is -0.284 e. The highest BCUT2D eigenvalue weighted by molar-refractivity contribution is 7.22. The van der Waals surface area contributed by atoms with Crippen LogP contribution in [-0.2, 0) is 0 Å². The first-order chi connectivity index (χ1) is 56.4. The molecule has 0 saturated carbocycles. The summed E-state index contributed by atoms with van der Waals surface area (Å²) in [6.07, 6.45) is 6.08. The summed E-state index contributed by atoms with van der Waals surface area (Å²) in [6, 6.07) is 120. The van der Waals surface area contributed by atoms with E-state index in [0.29, 0.717) is 0 Å². The Morgan fingerprint density at radius 2 is 0.500 bits per heavy atom. The number of aromatic nitrogens is 12. The van der Waals surface area contributed by atoms with E-state index in [0.717, 1.165) is 193 Å². The Balaban J connectivity index is 0.000000104. The van der Waals surface area contributed by atoms with Crippen molar-refractivity contribution in [2.45, 2.75) is 0 Å². The van der Waals surface area contributed by atoms with Gasteiger partial charge in [-0.2, -0.15) is 0 Å². The number of pyridine rings is 6. The van der Waals surface area contributed by atoms with Crippen molar-refractivity contribution in [1.82, 2.24) is 58.1 Å². The highest BCUT2D eigenvalue weighted by Gasteiger charge is 2.21. The van der Waals surface area contributed by atoms with Crippen LogP contribution in [-0.4, -0.2) is 58.1 Å². The molecule has 0 aliphatic rings. The van der Waals surface area contributed by atoms with Gasteiger partial charge in [-0.25, -0.2) is 44.9 Å². The first-order valence-electron chi connectivity index (χ1n) is 37.6. The fraction of sp³-hybridized carbons (Fsp3) is 0. The van der Waals surface area contributed by atoms with Gasteiger partial charge in [-0.1, -0.05) is 249 Å². The molecule has 0 amide bonds. The number of nitrogens with zero attached hydrogens (tertiary/aromatic N) is 12. The molecule has 12 aromatic carbocycles. The van der Waals surface area contributed by atoms with Crippen molar-refractivity contribution in [2.75, 3.05) is 0 Å². The molecule has 0 spiro atoms. The second-order valence-corrected chi connectivity index (χ2v) is 31.2. The lowest BCUT2D eigenvalue weighted by Crippen LogP contribution is -1.92. The third-order valence-electron chi connectivity index (χ3n) is 21.1. The van der Waals surface area contributed by atoms with E-state index in [4.69, 9.17) is 44.9 Å². The zero-order valence-electron chi connectivity index (χ0n) is 60.7.